The van der Waals surface area contributed by atoms with E-state index in [2.05, 4.69) is 0 Å². The molecule has 3 aliphatic rings. The summed E-state index contributed by atoms with van der Waals surface area (Å²) in [6, 6.07) is 0. The van der Waals surface area contributed by atoms with Crippen molar-refractivity contribution in [1.82, 2.24) is 0 Å². The zero-order valence-corrected chi connectivity index (χ0v) is 9.28. The third-order valence-electron chi connectivity index (χ3n) is 4.37. The Kier molecular flexibility index (Phi) is 2.49. The van der Waals surface area contributed by atoms with Gasteiger partial charge in [-0.15, -0.1) is 0 Å². The molecule has 3 rings (SSSR count). The molecule has 3 unspecified atom stereocenters. The van der Waals surface area contributed by atoms with Crippen LogP contribution in [0.2, 0.25) is 0 Å². The second-order valence-corrected chi connectivity index (χ2v) is 5.52. The predicted octanol–water partition coefficient (Wildman–Crippen LogP) is 1.45. The fourth-order valence-electron chi connectivity index (χ4n) is 3.54. The average molecular weight is 211 g/mol. The maximum absolute atomic E-state index is 6.51. The average Bonchev–Trinajstić information content (AvgIpc) is 2.78. The van der Waals surface area contributed by atoms with Gasteiger partial charge >= 0.3 is 0 Å². The Morgan fingerprint density at radius 3 is 2.53 bits per heavy atom. The molecular formula is C12H21NO2. The van der Waals surface area contributed by atoms with Gasteiger partial charge in [0.25, 0.3) is 0 Å². The topological polar surface area (TPSA) is 44.5 Å². The van der Waals surface area contributed by atoms with Crippen molar-refractivity contribution in [2.24, 2.45) is 11.7 Å². The van der Waals surface area contributed by atoms with Crippen LogP contribution in [0.15, 0.2) is 0 Å². The van der Waals surface area contributed by atoms with Gasteiger partial charge in [0, 0.05) is 18.8 Å². The zero-order valence-electron chi connectivity index (χ0n) is 9.28. The third kappa shape index (κ3) is 1.81. The molecule has 3 nitrogen and oxygen atoms in total. The van der Waals surface area contributed by atoms with Crippen molar-refractivity contribution in [3.05, 3.63) is 0 Å². The monoisotopic (exact) mass is 211 g/mol. The molecule has 0 amide bonds. The molecule has 0 aromatic rings. The van der Waals surface area contributed by atoms with Crippen molar-refractivity contribution >= 4 is 0 Å². The van der Waals surface area contributed by atoms with E-state index in [1.807, 2.05) is 0 Å². The molecule has 0 aliphatic carbocycles. The molecule has 0 aromatic carbocycles. The highest BCUT2D eigenvalue weighted by Crippen LogP contribution is 2.44. The Hall–Kier alpha value is -0.120. The van der Waals surface area contributed by atoms with Crippen molar-refractivity contribution in [3.8, 4) is 0 Å². The first-order valence-electron chi connectivity index (χ1n) is 6.28. The molecule has 2 bridgehead atoms. The Morgan fingerprint density at radius 1 is 1.13 bits per heavy atom. The van der Waals surface area contributed by atoms with Crippen molar-refractivity contribution in [1.29, 1.82) is 0 Å². The number of nitrogens with two attached hydrogens (primary N) is 1. The van der Waals surface area contributed by atoms with Gasteiger partial charge < -0.3 is 15.2 Å². The summed E-state index contributed by atoms with van der Waals surface area (Å²) >= 11 is 0. The van der Waals surface area contributed by atoms with Gasteiger partial charge in [-0.3, -0.25) is 0 Å². The van der Waals surface area contributed by atoms with Gasteiger partial charge in [0.2, 0.25) is 0 Å². The second-order valence-electron chi connectivity index (χ2n) is 5.52. The smallest absolute Gasteiger partial charge is 0.0760 e. The second kappa shape index (κ2) is 3.72. The number of fused-ring (bicyclic) bond motifs is 2. The van der Waals surface area contributed by atoms with Gasteiger partial charge in [-0.2, -0.15) is 0 Å². The van der Waals surface area contributed by atoms with Crippen LogP contribution in [0.1, 0.15) is 38.5 Å². The van der Waals surface area contributed by atoms with E-state index >= 15 is 0 Å². The highest BCUT2D eigenvalue weighted by Gasteiger charge is 2.50. The van der Waals surface area contributed by atoms with Crippen LogP contribution in [0, 0.1) is 5.92 Å². The van der Waals surface area contributed by atoms with Crippen molar-refractivity contribution < 1.29 is 9.47 Å². The van der Waals surface area contributed by atoms with E-state index in [0.717, 1.165) is 32.0 Å². The van der Waals surface area contributed by atoms with E-state index in [-0.39, 0.29) is 5.54 Å². The van der Waals surface area contributed by atoms with Crippen LogP contribution in [0.3, 0.4) is 0 Å². The fraction of sp³-hybridized carbons (Fsp3) is 1.00. The summed E-state index contributed by atoms with van der Waals surface area (Å²) in [6.45, 7) is 1.85. The minimum Gasteiger partial charge on any atom is -0.381 e. The van der Waals surface area contributed by atoms with E-state index in [0.29, 0.717) is 12.2 Å². The predicted molar refractivity (Wildman–Crippen MR) is 57.6 cm³/mol. The zero-order chi connectivity index (χ0) is 10.3. The molecule has 86 valence electrons. The van der Waals surface area contributed by atoms with E-state index in [9.17, 15) is 0 Å². The summed E-state index contributed by atoms with van der Waals surface area (Å²) in [5.41, 5.74) is 6.50. The Morgan fingerprint density at radius 2 is 1.93 bits per heavy atom. The maximum atomic E-state index is 6.51. The molecule has 0 aromatic heterocycles. The van der Waals surface area contributed by atoms with Crippen molar-refractivity contribution in [2.75, 3.05) is 13.2 Å². The summed E-state index contributed by atoms with van der Waals surface area (Å²) in [5, 5.41) is 0. The fourth-order valence-corrected chi connectivity index (χ4v) is 3.54. The van der Waals surface area contributed by atoms with Gasteiger partial charge in [-0.1, -0.05) is 0 Å². The van der Waals surface area contributed by atoms with Crippen LogP contribution in [-0.2, 0) is 9.47 Å². The third-order valence-corrected chi connectivity index (χ3v) is 4.37. The molecule has 3 atom stereocenters. The summed E-state index contributed by atoms with van der Waals surface area (Å²) in [7, 11) is 0. The van der Waals surface area contributed by atoms with Gasteiger partial charge in [0.15, 0.2) is 0 Å². The standard InChI is InChI=1S/C12H21NO2/c13-12(7-9-3-5-14-6-4-9)8-10-1-2-11(12)15-10/h9-11H,1-8,13H2. The molecule has 0 saturated carbocycles. The lowest BCUT2D eigenvalue weighted by molar-refractivity contribution is 0.0424. The van der Waals surface area contributed by atoms with E-state index < -0.39 is 0 Å². The summed E-state index contributed by atoms with van der Waals surface area (Å²) in [6.07, 6.45) is 7.87. The van der Waals surface area contributed by atoms with Gasteiger partial charge in [0.1, 0.15) is 0 Å². The first kappa shape index (κ1) is 10.1. The van der Waals surface area contributed by atoms with Gasteiger partial charge in [-0.05, 0) is 44.4 Å². The highest BCUT2D eigenvalue weighted by molar-refractivity contribution is 5.05. The Bertz CT molecular complexity index is 240. The van der Waals surface area contributed by atoms with Crippen LogP contribution < -0.4 is 5.73 Å². The molecular weight excluding hydrogens is 190 g/mol. The van der Waals surface area contributed by atoms with Crippen LogP contribution in [0.4, 0.5) is 0 Å². The summed E-state index contributed by atoms with van der Waals surface area (Å²) < 4.78 is 11.3. The minimum absolute atomic E-state index is 0.00900. The van der Waals surface area contributed by atoms with E-state index in [4.69, 9.17) is 15.2 Å². The normalized spacial score (nSPS) is 46.2. The molecule has 0 spiro atoms. The summed E-state index contributed by atoms with van der Waals surface area (Å²) in [5.74, 6) is 0.770. The number of hydrogen-bond donors (Lipinski definition) is 1. The van der Waals surface area contributed by atoms with Crippen LogP contribution in [-0.4, -0.2) is 31.0 Å². The maximum Gasteiger partial charge on any atom is 0.0760 e. The molecule has 3 heteroatoms. The van der Waals surface area contributed by atoms with E-state index in [1.165, 1.54) is 25.7 Å². The SMILES string of the molecule is NC1(CC2CCOCC2)CC2CCC1O2. The van der Waals surface area contributed by atoms with Gasteiger partial charge in [-0.25, -0.2) is 0 Å². The molecule has 3 fully saturated rings. The van der Waals surface area contributed by atoms with E-state index in [1.54, 1.807) is 0 Å². The lowest BCUT2D eigenvalue weighted by Gasteiger charge is -2.35. The van der Waals surface area contributed by atoms with Crippen LogP contribution in [0.5, 0.6) is 0 Å². The number of ether oxygens (including phenoxy) is 2. The van der Waals surface area contributed by atoms with Crippen molar-refractivity contribution in [3.63, 3.8) is 0 Å². The quantitative estimate of drug-likeness (QED) is 0.752. The molecule has 0 radical (unpaired) electrons. The Labute approximate surface area is 91.3 Å². The summed E-state index contributed by atoms with van der Waals surface area (Å²) in [4.78, 5) is 0. The largest absolute Gasteiger partial charge is 0.381 e. The minimum atomic E-state index is -0.00900. The van der Waals surface area contributed by atoms with Crippen LogP contribution >= 0.6 is 0 Å². The highest BCUT2D eigenvalue weighted by atomic mass is 16.5. The van der Waals surface area contributed by atoms with Crippen molar-refractivity contribution in [2.45, 2.75) is 56.3 Å². The first-order chi connectivity index (χ1) is 7.26. The Balaban J connectivity index is 1.61. The van der Waals surface area contributed by atoms with Gasteiger partial charge in [0.05, 0.1) is 12.2 Å². The molecule has 3 heterocycles. The molecule has 3 aliphatic heterocycles. The molecule has 3 saturated heterocycles. The lowest BCUT2D eigenvalue weighted by Crippen LogP contribution is -2.50. The lowest BCUT2D eigenvalue weighted by atomic mass is 9.75. The molecule has 15 heavy (non-hydrogen) atoms. The molecule has 2 N–H and O–H groups in total. The van der Waals surface area contributed by atoms with Crippen LogP contribution in [0.25, 0.3) is 0 Å². The first-order valence-corrected chi connectivity index (χ1v) is 6.28. The number of rotatable bonds is 2. The number of hydrogen-bond acceptors (Lipinski definition) is 3.